The Bertz CT molecular complexity index is 778. The number of aliphatic hydroxyl groups is 1. The summed E-state index contributed by atoms with van der Waals surface area (Å²) in [6.07, 6.45) is 0. The molecule has 0 spiro atoms. The van der Waals surface area contributed by atoms with E-state index in [4.69, 9.17) is 28.3 Å². The number of anilines is 1. The van der Waals surface area contributed by atoms with E-state index >= 15 is 0 Å². The van der Waals surface area contributed by atoms with Crippen molar-refractivity contribution in [3.63, 3.8) is 0 Å². The molecule has 1 aromatic rings. The number of hydrogen-bond donors (Lipinski definition) is 3. The third-order valence-corrected chi connectivity index (χ3v) is 4.23. The zero-order chi connectivity index (χ0) is 18.7. The normalized spacial score (nSPS) is 14.1. The molecule has 0 aromatic heterocycles. The number of benzene rings is 1. The molecule has 0 atom stereocenters. The number of aromatic carboxylic acids is 1. The number of nitrogens with zero attached hydrogens (tertiary/aromatic N) is 1. The molecule has 8 nitrogen and oxygen atoms in total. The number of amides is 1. The number of aliphatic hydroxyl groups excluding tert-OH is 1. The Hall–Kier alpha value is -2.29. The summed E-state index contributed by atoms with van der Waals surface area (Å²) in [6.45, 7) is -0.303. The van der Waals surface area contributed by atoms with E-state index in [2.05, 4.69) is 10.1 Å². The molecule has 0 aliphatic carbocycles. The highest BCUT2D eigenvalue weighted by Crippen LogP contribution is 2.34. The van der Waals surface area contributed by atoms with Crippen molar-refractivity contribution in [1.82, 2.24) is 4.90 Å². The molecule has 1 aliphatic rings. The molecule has 0 fully saturated rings. The van der Waals surface area contributed by atoms with Crippen LogP contribution in [0.15, 0.2) is 23.4 Å². The van der Waals surface area contributed by atoms with Gasteiger partial charge in [-0.25, -0.2) is 9.59 Å². The number of esters is 1. The van der Waals surface area contributed by atoms with Crippen LogP contribution < -0.4 is 5.32 Å². The topological polar surface area (TPSA) is 116 Å². The van der Waals surface area contributed by atoms with Crippen molar-refractivity contribution in [1.29, 1.82) is 0 Å². The van der Waals surface area contributed by atoms with Crippen molar-refractivity contribution in [3.05, 3.63) is 39.0 Å². The first-order valence-corrected chi connectivity index (χ1v) is 7.77. The zero-order valence-electron chi connectivity index (χ0n) is 13.0. The number of carboxylic acids is 1. The van der Waals surface area contributed by atoms with Crippen LogP contribution >= 0.6 is 23.2 Å². The Morgan fingerprint density at radius 3 is 2.60 bits per heavy atom. The standard InChI is InChI=1S/C15H14Cl2N2O6/c1-25-15(24)7-6-19(4-5-20)13(21)12(7)18-9-3-2-8(16)10(11(9)17)14(22)23/h2-3,18,20H,4-6H2,1H3,(H,22,23). The number of β-amino-alcohol motifs (C(OH)–C–C–N with tert-alkyl or cyclic N) is 1. The highest BCUT2D eigenvalue weighted by Gasteiger charge is 2.35. The van der Waals surface area contributed by atoms with E-state index in [1.54, 1.807) is 0 Å². The fourth-order valence-electron chi connectivity index (χ4n) is 2.33. The highest BCUT2D eigenvalue weighted by atomic mass is 35.5. The van der Waals surface area contributed by atoms with Gasteiger partial charge in [-0.15, -0.1) is 0 Å². The molecule has 0 bridgehead atoms. The lowest BCUT2D eigenvalue weighted by atomic mass is 10.1. The summed E-state index contributed by atoms with van der Waals surface area (Å²) in [5, 5.41) is 20.6. The van der Waals surface area contributed by atoms with E-state index in [0.29, 0.717) is 0 Å². The van der Waals surface area contributed by atoms with Gasteiger partial charge in [-0.1, -0.05) is 23.2 Å². The van der Waals surface area contributed by atoms with Crippen LogP contribution in [-0.4, -0.2) is 59.8 Å². The Morgan fingerprint density at radius 1 is 1.36 bits per heavy atom. The molecule has 1 amide bonds. The molecule has 0 unspecified atom stereocenters. The van der Waals surface area contributed by atoms with Crippen molar-refractivity contribution in [2.75, 3.05) is 32.1 Å². The SMILES string of the molecule is COC(=O)C1=C(Nc2ccc(Cl)c(C(=O)O)c2Cl)C(=O)N(CCO)C1. The molecular weight excluding hydrogens is 375 g/mol. The van der Waals surface area contributed by atoms with Crippen LogP contribution in [0.4, 0.5) is 5.69 Å². The monoisotopic (exact) mass is 388 g/mol. The molecule has 2 rings (SSSR count). The first-order chi connectivity index (χ1) is 11.8. The Kier molecular flexibility index (Phi) is 5.89. The molecule has 0 saturated carbocycles. The molecule has 3 N–H and O–H groups in total. The number of carboxylic acid groups (broad SMARTS) is 1. The van der Waals surface area contributed by atoms with E-state index in [-0.39, 0.29) is 52.3 Å². The van der Waals surface area contributed by atoms with Gasteiger partial charge in [0.2, 0.25) is 0 Å². The maximum absolute atomic E-state index is 12.4. The van der Waals surface area contributed by atoms with Crippen LogP contribution in [0.25, 0.3) is 0 Å². The van der Waals surface area contributed by atoms with Gasteiger partial charge in [0.15, 0.2) is 0 Å². The van der Waals surface area contributed by atoms with Crippen LogP contribution in [0.3, 0.4) is 0 Å². The fraction of sp³-hybridized carbons (Fsp3) is 0.267. The quantitative estimate of drug-likeness (QED) is 0.630. The van der Waals surface area contributed by atoms with Crippen LogP contribution in [0.5, 0.6) is 0 Å². The summed E-state index contributed by atoms with van der Waals surface area (Å²) in [7, 11) is 1.17. The number of carbonyl (C=O) groups excluding carboxylic acids is 2. The predicted octanol–water partition coefficient (Wildman–Crippen LogP) is 1.37. The Morgan fingerprint density at radius 2 is 2.04 bits per heavy atom. The number of hydrogen-bond acceptors (Lipinski definition) is 6. The predicted molar refractivity (Wildman–Crippen MR) is 89.8 cm³/mol. The van der Waals surface area contributed by atoms with Gasteiger partial charge < -0.3 is 25.2 Å². The number of methoxy groups -OCH3 is 1. The summed E-state index contributed by atoms with van der Waals surface area (Å²) < 4.78 is 4.66. The second kappa shape index (κ2) is 7.73. The largest absolute Gasteiger partial charge is 0.478 e. The van der Waals surface area contributed by atoms with Gasteiger partial charge in [-0.05, 0) is 12.1 Å². The second-order valence-corrected chi connectivity index (χ2v) is 5.79. The number of halogens is 2. The minimum atomic E-state index is -1.33. The number of nitrogens with one attached hydrogen (secondary N) is 1. The first-order valence-electron chi connectivity index (χ1n) is 7.01. The van der Waals surface area contributed by atoms with Crippen molar-refractivity contribution in [2.24, 2.45) is 0 Å². The number of rotatable bonds is 6. The summed E-state index contributed by atoms with van der Waals surface area (Å²) in [4.78, 5) is 36.9. The summed E-state index contributed by atoms with van der Waals surface area (Å²) in [5.41, 5.74) is -0.282. The highest BCUT2D eigenvalue weighted by molar-refractivity contribution is 6.41. The average molecular weight is 389 g/mol. The third kappa shape index (κ3) is 3.71. The summed E-state index contributed by atoms with van der Waals surface area (Å²) in [5.74, 6) is -2.60. The van der Waals surface area contributed by atoms with Crippen LogP contribution in [-0.2, 0) is 14.3 Å². The Balaban J connectivity index is 2.45. The van der Waals surface area contributed by atoms with Crippen LogP contribution in [0.1, 0.15) is 10.4 Å². The molecule has 134 valence electrons. The molecule has 0 saturated heterocycles. The van der Waals surface area contributed by atoms with Gasteiger partial charge in [-0.2, -0.15) is 0 Å². The number of carbonyl (C=O) groups is 3. The fourth-order valence-corrected chi connectivity index (χ4v) is 2.91. The van der Waals surface area contributed by atoms with E-state index in [9.17, 15) is 19.5 Å². The molecule has 10 heteroatoms. The molecule has 25 heavy (non-hydrogen) atoms. The van der Waals surface area contributed by atoms with Crippen molar-refractivity contribution >= 4 is 46.7 Å². The third-order valence-electron chi connectivity index (χ3n) is 3.52. The average Bonchev–Trinajstić information content (AvgIpc) is 2.86. The molecule has 0 radical (unpaired) electrons. The van der Waals surface area contributed by atoms with E-state index in [1.807, 2.05) is 0 Å². The summed E-state index contributed by atoms with van der Waals surface area (Å²) >= 11 is 11.9. The Labute approximate surface area is 152 Å². The molecular formula is C15H14Cl2N2O6. The van der Waals surface area contributed by atoms with Gasteiger partial charge in [0.25, 0.3) is 5.91 Å². The summed E-state index contributed by atoms with van der Waals surface area (Å²) in [6, 6.07) is 2.70. The minimum absolute atomic E-state index is 0.0270. The lowest BCUT2D eigenvalue weighted by Crippen LogP contribution is -2.31. The lowest BCUT2D eigenvalue weighted by Gasteiger charge is -2.15. The van der Waals surface area contributed by atoms with Crippen molar-refractivity contribution < 1.29 is 29.3 Å². The van der Waals surface area contributed by atoms with E-state index in [1.165, 1.54) is 24.1 Å². The van der Waals surface area contributed by atoms with Gasteiger partial charge in [0, 0.05) is 6.54 Å². The molecule has 1 aromatic carbocycles. The van der Waals surface area contributed by atoms with Gasteiger partial charge >= 0.3 is 11.9 Å². The van der Waals surface area contributed by atoms with Gasteiger partial charge in [-0.3, -0.25) is 4.79 Å². The van der Waals surface area contributed by atoms with E-state index < -0.39 is 17.8 Å². The first kappa shape index (κ1) is 19.0. The second-order valence-electron chi connectivity index (χ2n) is 5.01. The zero-order valence-corrected chi connectivity index (χ0v) is 14.5. The lowest BCUT2D eigenvalue weighted by molar-refractivity contribution is -0.136. The van der Waals surface area contributed by atoms with Gasteiger partial charge in [0.1, 0.15) is 5.70 Å². The maximum atomic E-state index is 12.4. The smallest absolute Gasteiger partial charge is 0.338 e. The van der Waals surface area contributed by atoms with E-state index in [0.717, 1.165) is 0 Å². The van der Waals surface area contributed by atoms with Crippen LogP contribution in [0.2, 0.25) is 10.0 Å². The van der Waals surface area contributed by atoms with Crippen molar-refractivity contribution in [3.8, 4) is 0 Å². The molecule has 1 heterocycles. The molecule has 1 aliphatic heterocycles. The van der Waals surface area contributed by atoms with Crippen molar-refractivity contribution in [2.45, 2.75) is 0 Å². The van der Waals surface area contributed by atoms with Gasteiger partial charge in [0.05, 0.1) is 47.1 Å². The maximum Gasteiger partial charge on any atom is 0.338 e. The van der Waals surface area contributed by atoms with Crippen LogP contribution in [0, 0.1) is 0 Å². The number of ether oxygens (including phenoxy) is 1. The minimum Gasteiger partial charge on any atom is -0.478 e.